The van der Waals surface area contributed by atoms with Crippen molar-refractivity contribution in [1.82, 2.24) is 9.55 Å². The molecule has 0 aliphatic carbocycles. The Morgan fingerprint density at radius 1 is 1.17 bits per heavy atom. The Morgan fingerprint density at radius 3 is 2.44 bits per heavy atom. The SMILES string of the molecule is CC(C)(C)c1ccccc1-n1ccc(=O)[nH]c1=S. The van der Waals surface area contributed by atoms with Gasteiger partial charge in [0, 0.05) is 12.3 Å². The lowest BCUT2D eigenvalue weighted by Crippen LogP contribution is -2.17. The molecule has 0 amide bonds. The summed E-state index contributed by atoms with van der Waals surface area (Å²) in [7, 11) is 0. The van der Waals surface area contributed by atoms with Crippen LogP contribution in [0.5, 0.6) is 0 Å². The number of rotatable bonds is 1. The Balaban J connectivity index is 2.72. The first-order valence-corrected chi connectivity index (χ1v) is 6.22. The number of nitrogens with zero attached hydrogens (tertiary/aromatic N) is 1. The van der Waals surface area contributed by atoms with Crippen LogP contribution in [-0.2, 0) is 5.41 Å². The van der Waals surface area contributed by atoms with Gasteiger partial charge in [-0.05, 0) is 29.3 Å². The summed E-state index contributed by atoms with van der Waals surface area (Å²) in [4.78, 5) is 13.9. The second-order valence-corrected chi connectivity index (χ2v) is 5.63. The standard InChI is InChI=1S/C14H16N2OS/c1-14(2,3)10-6-4-5-7-11(10)16-9-8-12(17)15-13(16)18/h4-9H,1-3H3,(H,15,17,18). The van der Waals surface area contributed by atoms with Crippen molar-refractivity contribution < 1.29 is 0 Å². The predicted molar refractivity (Wildman–Crippen MR) is 75.9 cm³/mol. The number of aromatic amines is 1. The maximum atomic E-state index is 11.2. The Hall–Kier alpha value is -1.68. The molecule has 2 aromatic rings. The first-order valence-electron chi connectivity index (χ1n) is 5.81. The van der Waals surface area contributed by atoms with Crippen LogP contribution in [-0.4, -0.2) is 9.55 Å². The molecule has 0 fully saturated rings. The van der Waals surface area contributed by atoms with E-state index >= 15 is 0 Å². The van der Waals surface area contributed by atoms with E-state index < -0.39 is 0 Å². The molecule has 1 heterocycles. The molecule has 4 heteroatoms. The lowest BCUT2D eigenvalue weighted by atomic mass is 9.86. The van der Waals surface area contributed by atoms with Gasteiger partial charge in [-0.1, -0.05) is 39.0 Å². The number of hydrogen-bond donors (Lipinski definition) is 1. The Bertz CT molecular complexity index is 677. The van der Waals surface area contributed by atoms with Gasteiger partial charge in [0.05, 0.1) is 5.69 Å². The van der Waals surface area contributed by atoms with Gasteiger partial charge in [0.25, 0.3) is 5.56 Å². The van der Waals surface area contributed by atoms with Crippen molar-refractivity contribution >= 4 is 12.2 Å². The van der Waals surface area contributed by atoms with E-state index in [1.54, 1.807) is 6.20 Å². The van der Waals surface area contributed by atoms with E-state index in [0.29, 0.717) is 4.77 Å². The highest BCUT2D eigenvalue weighted by atomic mass is 32.1. The van der Waals surface area contributed by atoms with Gasteiger partial charge in [-0.2, -0.15) is 0 Å². The van der Waals surface area contributed by atoms with Crippen molar-refractivity contribution in [2.75, 3.05) is 0 Å². The van der Waals surface area contributed by atoms with Gasteiger partial charge in [0.15, 0.2) is 4.77 Å². The van der Waals surface area contributed by atoms with Crippen LogP contribution in [0.25, 0.3) is 5.69 Å². The molecule has 3 nitrogen and oxygen atoms in total. The summed E-state index contributed by atoms with van der Waals surface area (Å²) in [6.45, 7) is 6.46. The molecular weight excluding hydrogens is 244 g/mol. The fourth-order valence-corrected chi connectivity index (χ4v) is 2.18. The highest BCUT2D eigenvalue weighted by Gasteiger charge is 2.18. The number of hydrogen-bond acceptors (Lipinski definition) is 2. The monoisotopic (exact) mass is 260 g/mol. The average Bonchev–Trinajstić information content (AvgIpc) is 2.28. The minimum atomic E-state index is -0.176. The van der Waals surface area contributed by atoms with Crippen molar-refractivity contribution in [3.8, 4) is 5.69 Å². The molecule has 1 N–H and O–H groups in total. The molecule has 1 aromatic heterocycles. The van der Waals surface area contributed by atoms with Crippen molar-refractivity contribution in [1.29, 1.82) is 0 Å². The second-order valence-electron chi connectivity index (χ2n) is 5.25. The Labute approximate surface area is 111 Å². The smallest absolute Gasteiger partial charge is 0.251 e. The molecule has 1 aromatic carbocycles. The van der Waals surface area contributed by atoms with E-state index in [2.05, 4.69) is 31.8 Å². The van der Waals surface area contributed by atoms with Crippen LogP contribution in [0.3, 0.4) is 0 Å². The first-order chi connectivity index (χ1) is 8.39. The third-order valence-electron chi connectivity index (χ3n) is 2.80. The summed E-state index contributed by atoms with van der Waals surface area (Å²) in [6.07, 6.45) is 1.71. The van der Waals surface area contributed by atoms with Gasteiger partial charge in [-0.3, -0.25) is 14.3 Å². The zero-order valence-corrected chi connectivity index (χ0v) is 11.5. The number of benzene rings is 1. The molecule has 2 rings (SSSR count). The van der Waals surface area contributed by atoms with Gasteiger partial charge in [-0.25, -0.2) is 0 Å². The lowest BCUT2D eigenvalue weighted by molar-refractivity contribution is 0.585. The normalized spacial score (nSPS) is 11.5. The second kappa shape index (κ2) is 4.53. The number of nitrogens with one attached hydrogen (secondary N) is 1. The highest BCUT2D eigenvalue weighted by molar-refractivity contribution is 7.71. The zero-order valence-electron chi connectivity index (χ0n) is 10.7. The van der Waals surface area contributed by atoms with Crippen molar-refractivity contribution in [2.24, 2.45) is 0 Å². The maximum absolute atomic E-state index is 11.2. The topological polar surface area (TPSA) is 37.8 Å². The molecule has 0 aliphatic rings. The highest BCUT2D eigenvalue weighted by Crippen LogP contribution is 2.27. The number of aromatic nitrogens is 2. The number of H-pyrrole nitrogens is 1. The quantitative estimate of drug-likeness (QED) is 0.800. The van der Waals surface area contributed by atoms with Crippen LogP contribution < -0.4 is 5.56 Å². The molecular formula is C14H16N2OS. The molecule has 0 unspecified atom stereocenters. The maximum Gasteiger partial charge on any atom is 0.251 e. The molecule has 18 heavy (non-hydrogen) atoms. The van der Waals surface area contributed by atoms with Crippen molar-refractivity contribution in [3.63, 3.8) is 0 Å². The number of para-hydroxylation sites is 1. The summed E-state index contributed by atoms with van der Waals surface area (Å²) in [5.41, 5.74) is 2.03. The lowest BCUT2D eigenvalue weighted by Gasteiger charge is -2.23. The Kier molecular flexibility index (Phi) is 3.22. The van der Waals surface area contributed by atoms with Crippen LogP contribution in [0, 0.1) is 4.77 Å². The van der Waals surface area contributed by atoms with Crippen molar-refractivity contribution in [3.05, 3.63) is 57.2 Å². The molecule has 0 aliphatic heterocycles. The molecule has 0 radical (unpaired) electrons. The van der Waals surface area contributed by atoms with Crippen LogP contribution in [0.2, 0.25) is 0 Å². The molecule has 0 atom stereocenters. The van der Waals surface area contributed by atoms with Gasteiger partial charge >= 0.3 is 0 Å². The molecule has 0 spiro atoms. The van der Waals surface area contributed by atoms with Gasteiger partial charge in [-0.15, -0.1) is 0 Å². The predicted octanol–water partition coefficient (Wildman–Crippen LogP) is 3.19. The van der Waals surface area contributed by atoms with E-state index in [0.717, 1.165) is 5.69 Å². The third kappa shape index (κ3) is 2.43. The Morgan fingerprint density at radius 2 is 1.83 bits per heavy atom. The van der Waals surface area contributed by atoms with E-state index in [9.17, 15) is 4.79 Å². The van der Waals surface area contributed by atoms with E-state index in [-0.39, 0.29) is 11.0 Å². The minimum absolute atomic E-state index is 0.0154. The molecule has 0 saturated heterocycles. The van der Waals surface area contributed by atoms with Crippen LogP contribution in [0.15, 0.2) is 41.3 Å². The van der Waals surface area contributed by atoms with E-state index in [1.165, 1.54) is 11.6 Å². The molecule has 94 valence electrons. The summed E-state index contributed by atoms with van der Waals surface area (Å²) in [5.74, 6) is 0. The summed E-state index contributed by atoms with van der Waals surface area (Å²) >= 11 is 5.21. The fourth-order valence-electron chi connectivity index (χ4n) is 1.92. The molecule has 0 bridgehead atoms. The summed E-state index contributed by atoms with van der Waals surface area (Å²) < 4.78 is 2.25. The van der Waals surface area contributed by atoms with Gasteiger partial charge < -0.3 is 0 Å². The zero-order chi connectivity index (χ0) is 13.3. The van der Waals surface area contributed by atoms with E-state index in [1.807, 2.05) is 22.8 Å². The first kappa shape index (κ1) is 12.8. The van der Waals surface area contributed by atoms with Crippen LogP contribution in [0.1, 0.15) is 26.3 Å². The van der Waals surface area contributed by atoms with Gasteiger partial charge in [0.2, 0.25) is 0 Å². The van der Waals surface area contributed by atoms with Crippen LogP contribution >= 0.6 is 12.2 Å². The molecule has 0 saturated carbocycles. The fraction of sp³-hybridized carbons (Fsp3) is 0.286. The van der Waals surface area contributed by atoms with E-state index in [4.69, 9.17) is 12.2 Å². The largest absolute Gasteiger partial charge is 0.299 e. The average molecular weight is 260 g/mol. The summed E-state index contributed by atoms with van der Waals surface area (Å²) in [6, 6.07) is 9.56. The minimum Gasteiger partial charge on any atom is -0.299 e. The third-order valence-corrected chi connectivity index (χ3v) is 3.09. The van der Waals surface area contributed by atoms with Crippen molar-refractivity contribution in [2.45, 2.75) is 26.2 Å². The van der Waals surface area contributed by atoms with Crippen LogP contribution in [0.4, 0.5) is 0 Å². The van der Waals surface area contributed by atoms with Gasteiger partial charge in [0.1, 0.15) is 0 Å². The summed E-state index contributed by atoms with van der Waals surface area (Å²) in [5, 5.41) is 0.